The van der Waals surface area contributed by atoms with E-state index in [0.717, 1.165) is 6.42 Å². The summed E-state index contributed by atoms with van der Waals surface area (Å²) in [5.41, 5.74) is 0.186. The minimum Gasteiger partial charge on any atom is -0.351 e. The predicted octanol–water partition coefficient (Wildman–Crippen LogP) is 0.357. The van der Waals surface area contributed by atoms with E-state index < -0.39 is 4.92 Å². The Hall–Kier alpha value is -1.89. The number of nitrogens with zero attached hydrogens (tertiary/aromatic N) is 2. The molecule has 1 saturated heterocycles. The van der Waals surface area contributed by atoms with Gasteiger partial charge in [-0.3, -0.25) is 14.9 Å². The second-order valence-corrected chi connectivity index (χ2v) is 4.05. The third kappa shape index (κ3) is 2.28. The Bertz CT molecular complexity index is 443. The summed E-state index contributed by atoms with van der Waals surface area (Å²) in [7, 11) is 1.86. The van der Waals surface area contributed by atoms with Crippen molar-refractivity contribution in [3.63, 3.8) is 0 Å². The lowest BCUT2D eigenvalue weighted by Crippen LogP contribution is -2.33. The summed E-state index contributed by atoms with van der Waals surface area (Å²) < 4.78 is 0. The highest BCUT2D eigenvalue weighted by molar-refractivity contribution is 5.93. The summed E-state index contributed by atoms with van der Waals surface area (Å²) in [5.74, 6) is -0.184. The number of hydrogen-bond acceptors (Lipinski definition) is 4. The molecule has 1 fully saturated rings. The van der Waals surface area contributed by atoms with E-state index >= 15 is 0 Å². The number of aromatic amines is 1. The molecule has 0 saturated carbocycles. The van der Waals surface area contributed by atoms with Crippen LogP contribution in [0.2, 0.25) is 0 Å². The van der Waals surface area contributed by atoms with Crippen LogP contribution >= 0.6 is 0 Å². The molecule has 2 heterocycles. The zero-order valence-corrected chi connectivity index (χ0v) is 9.47. The molecule has 7 heteroatoms. The number of amides is 1. The highest BCUT2D eigenvalue weighted by Gasteiger charge is 2.27. The second-order valence-electron chi connectivity index (χ2n) is 4.05. The third-order valence-corrected chi connectivity index (χ3v) is 2.99. The van der Waals surface area contributed by atoms with Crippen LogP contribution in [0.3, 0.4) is 0 Å². The molecular weight excluding hydrogens is 224 g/mol. The Morgan fingerprint density at radius 2 is 2.47 bits per heavy atom. The number of aromatic nitrogens is 1. The van der Waals surface area contributed by atoms with Gasteiger partial charge < -0.3 is 15.2 Å². The van der Waals surface area contributed by atoms with Crippen molar-refractivity contribution in [1.29, 1.82) is 0 Å². The van der Waals surface area contributed by atoms with Crippen LogP contribution in [0.5, 0.6) is 0 Å². The zero-order chi connectivity index (χ0) is 12.4. The van der Waals surface area contributed by atoms with Gasteiger partial charge in [-0.05, 0) is 13.5 Å². The first-order valence-corrected chi connectivity index (χ1v) is 5.41. The maximum absolute atomic E-state index is 12.0. The lowest BCUT2D eigenvalue weighted by Gasteiger charge is -2.14. The monoisotopic (exact) mass is 238 g/mol. The fourth-order valence-corrected chi connectivity index (χ4v) is 1.96. The SMILES string of the molecule is CNC1CCN(C(=O)c2cc([N+](=O)[O-])c[nH]2)C1. The van der Waals surface area contributed by atoms with E-state index in [2.05, 4.69) is 10.3 Å². The van der Waals surface area contributed by atoms with Crippen molar-refractivity contribution >= 4 is 11.6 Å². The molecule has 1 unspecified atom stereocenters. The van der Waals surface area contributed by atoms with Crippen LogP contribution in [-0.4, -0.2) is 46.9 Å². The fourth-order valence-electron chi connectivity index (χ4n) is 1.96. The number of hydrogen-bond donors (Lipinski definition) is 2. The molecule has 7 nitrogen and oxygen atoms in total. The standard InChI is InChI=1S/C10H14N4O3/c1-11-7-2-3-13(6-7)10(15)9-4-8(5-12-9)14(16)17/h4-5,7,11-12H,2-3,6H2,1H3. The molecule has 0 radical (unpaired) electrons. The van der Waals surface area contributed by atoms with Crippen molar-refractivity contribution in [2.24, 2.45) is 0 Å². The van der Waals surface area contributed by atoms with Crippen LogP contribution in [0.15, 0.2) is 12.3 Å². The van der Waals surface area contributed by atoms with Gasteiger partial charge in [-0.25, -0.2) is 0 Å². The van der Waals surface area contributed by atoms with E-state index in [-0.39, 0.29) is 17.3 Å². The molecule has 1 aromatic heterocycles. The molecule has 1 aliphatic heterocycles. The first-order valence-electron chi connectivity index (χ1n) is 5.41. The minimum absolute atomic E-state index is 0.0855. The molecule has 0 aliphatic carbocycles. The van der Waals surface area contributed by atoms with E-state index in [1.807, 2.05) is 7.05 Å². The summed E-state index contributed by atoms with van der Waals surface area (Å²) in [5, 5.41) is 13.6. The fraction of sp³-hybridized carbons (Fsp3) is 0.500. The summed E-state index contributed by atoms with van der Waals surface area (Å²) >= 11 is 0. The molecule has 1 aliphatic rings. The molecule has 0 spiro atoms. The van der Waals surface area contributed by atoms with Crippen LogP contribution in [0.1, 0.15) is 16.9 Å². The third-order valence-electron chi connectivity index (χ3n) is 2.99. The number of likely N-dealkylation sites (tertiary alicyclic amines) is 1. The van der Waals surface area contributed by atoms with Crippen molar-refractivity contribution < 1.29 is 9.72 Å². The zero-order valence-electron chi connectivity index (χ0n) is 9.47. The maximum atomic E-state index is 12.0. The van der Waals surface area contributed by atoms with E-state index in [1.165, 1.54) is 12.3 Å². The van der Waals surface area contributed by atoms with Crippen LogP contribution in [0, 0.1) is 10.1 Å². The van der Waals surface area contributed by atoms with Gasteiger partial charge in [-0.2, -0.15) is 0 Å². The molecule has 0 bridgehead atoms. The number of H-pyrrole nitrogens is 1. The second kappa shape index (κ2) is 4.54. The summed E-state index contributed by atoms with van der Waals surface area (Å²) in [6.07, 6.45) is 2.14. The first kappa shape index (κ1) is 11.6. The topological polar surface area (TPSA) is 91.3 Å². The normalized spacial score (nSPS) is 19.6. The molecule has 0 aromatic carbocycles. The highest BCUT2D eigenvalue weighted by atomic mass is 16.6. The van der Waals surface area contributed by atoms with Gasteiger partial charge >= 0.3 is 0 Å². The summed E-state index contributed by atoms with van der Waals surface area (Å²) in [6, 6.07) is 1.58. The van der Waals surface area contributed by atoms with E-state index in [4.69, 9.17) is 0 Å². The van der Waals surface area contributed by atoms with Crippen molar-refractivity contribution in [2.45, 2.75) is 12.5 Å². The number of carbonyl (C=O) groups excluding carboxylic acids is 1. The largest absolute Gasteiger partial charge is 0.351 e. The number of rotatable bonds is 3. The van der Waals surface area contributed by atoms with Gasteiger partial charge in [0, 0.05) is 25.2 Å². The summed E-state index contributed by atoms with van der Waals surface area (Å²) in [4.78, 5) is 26.3. The number of nitrogens with one attached hydrogen (secondary N) is 2. The Morgan fingerprint density at radius 1 is 1.71 bits per heavy atom. The van der Waals surface area contributed by atoms with Gasteiger partial charge in [0.1, 0.15) is 5.69 Å². The van der Waals surface area contributed by atoms with Gasteiger partial charge in [-0.1, -0.05) is 0 Å². The minimum atomic E-state index is -0.520. The predicted molar refractivity (Wildman–Crippen MR) is 60.8 cm³/mol. The van der Waals surface area contributed by atoms with Crippen LogP contribution in [0.4, 0.5) is 5.69 Å². The maximum Gasteiger partial charge on any atom is 0.287 e. The lowest BCUT2D eigenvalue weighted by molar-refractivity contribution is -0.384. The first-order chi connectivity index (χ1) is 8.11. The van der Waals surface area contributed by atoms with Crippen LogP contribution in [0.25, 0.3) is 0 Å². The highest BCUT2D eigenvalue weighted by Crippen LogP contribution is 2.17. The van der Waals surface area contributed by atoms with Gasteiger partial charge in [0.2, 0.25) is 0 Å². The Morgan fingerprint density at radius 3 is 3.00 bits per heavy atom. The van der Waals surface area contributed by atoms with Gasteiger partial charge in [0.25, 0.3) is 11.6 Å². The molecule has 1 aromatic rings. The Balaban J connectivity index is 2.07. The molecule has 92 valence electrons. The van der Waals surface area contributed by atoms with Gasteiger partial charge in [-0.15, -0.1) is 0 Å². The quantitative estimate of drug-likeness (QED) is 0.587. The van der Waals surface area contributed by atoms with E-state index in [9.17, 15) is 14.9 Å². The van der Waals surface area contributed by atoms with Crippen molar-refractivity contribution in [1.82, 2.24) is 15.2 Å². The molecular formula is C10H14N4O3. The van der Waals surface area contributed by atoms with Crippen molar-refractivity contribution in [3.8, 4) is 0 Å². The lowest BCUT2D eigenvalue weighted by atomic mass is 10.3. The van der Waals surface area contributed by atoms with Crippen molar-refractivity contribution in [3.05, 3.63) is 28.1 Å². The van der Waals surface area contributed by atoms with Crippen LogP contribution in [-0.2, 0) is 0 Å². The molecule has 1 amide bonds. The van der Waals surface area contributed by atoms with Gasteiger partial charge in [0.05, 0.1) is 11.1 Å². The molecule has 2 N–H and O–H groups in total. The van der Waals surface area contributed by atoms with Crippen LogP contribution < -0.4 is 5.32 Å². The molecule has 1 atom stereocenters. The van der Waals surface area contributed by atoms with E-state index in [0.29, 0.717) is 19.1 Å². The number of carbonyl (C=O) groups is 1. The number of likely N-dealkylation sites (N-methyl/N-ethyl adjacent to an activating group) is 1. The van der Waals surface area contributed by atoms with E-state index in [1.54, 1.807) is 4.90 Å². The molecule has 2 rings (SSSR count). The van der Waals surface area contributed by atoms with Gasteiger partial charge in [0.15, 0.2) is 0 Å². The smallest absolute Gasteiger partial charge is 0.287 e. The number of nitro groups is 1. The molecule has 17 heavy (non-hydrogen) atoms. The summed E-state index contributed by atoms with van der Waals surface area (Å²) in [6.45, 7) is 1.32. The average molecular weight is 238 g/mol. The van der Waals surface area contributed by atoms with Crippen molar-refractivity contribution in [2.75, 3.05) is 20.1 Å². The Kier molecular flexibility index (Phi) is 3.10. The average Bonchev–Trinajstić information content (AvgIpc) is 2.97. The Labute approximate surface area is 97.9 Å².